The number of nitrogens with zero attached hydrogens (tertiary/aromatic N) is 4. The van der Waals surface area contributed by atoms with Gasteiger partial charge in [0.2, 0.25) is 11.1 Å². The van der Waals surface area contributed by atoms with Gasteiger partial charge in [-0.2, -0.15) is 0 Å². The number of hydrogen-bond donors (Lipinski definition) is 1. The molecular weight excluding hydrogens is 357 g/mol. The van der Waals surface area contributed by atoms with Crippen molar-refractivity contribution in [3.05, 3.63) is 59.1 Å². The minimum absolute atomic E-state index is 0.169. The molecule has 0 atom stereocenters. The number of anilines is 1. The third kappa shape index (κ3) is 3.87. The van der Waals surface area contributed by atoms with E-state index in [2.05, 4.69) is 15.5 Å². The maximum Gasteiger partial charge on any atom is 0.234 e. The topological polar surface area (TPSA) is 64.7 Å². The van der Waals surface area contributed by atoms with Gasteiger partial charge in [-0.15, -0.1) is 10.2 Å². The van der Waals surface area contributed by atoms with E-state index < -0.39 is 0 Å². The number of thioether (sulfide) groups is 1. The molecule has 1 N–H and O–H groups in total. The molecule has 1 aromatic carbocycles. The summed E-state index contributed by atoms with van der Waals surface area (Å²) in [6.45, 7) is 0. The van der Waals surface area contributed by atoms with Crippen molar-refractivity contribution in [1.29, 1.82) is 0 Å². The van der Waals surface area contributed by atoms with Gasteiger partial charge in [0.05, 0.1) is 16.5 Å². The average Bonchev–Trinajstić information content (AvgIpc) is 3.19. The second-order valence-electron chi connectivity index (χ2n) is 4.48. The van der Waals surface area contributed by atoms with E-state index in [9.17, 15) is 4.79 Å². The van der Waals surface area contributed by atoms with Crippen LogP contribution in [0.3, 0.4) is 0 Å². The molecule has 9 heteroatoms. The number of aromatic nitrogens is 4. The van der Waals surface area contributed by atoms with Crippen LogP contribution in [-0.4, -0.2) is 31.2 Å². The lowest BCUT2D eigenvalue weighted by molar-refractivity contribution is -0.113. The highest BCUT2D eigenvalue weighted by molar-refractivity contribution is 7.99. The van der Waals surface area contributed by atoms with E-state index >= 15 is 0 Å². The maximum absolute atomic E-state index is 12.1. The second kappa shape index (κ2) is 7.08. The predicted molar refractivity (Wildman–Crippen MR) is 91.1 cm³/mol. The highest BCUT2D eigenvalue weighted by Gasteiger charge is 2.11. The van der Waals surface area contributed by atoms with Gasteiger partial charge >= 0.3 is 0 Å². The molecular formula is C14H11Cl2N5OS. The SMILES string of the molecule is O=C(CSc1nncn1-n1cccc1)Nc1cc(Cl)ccc1Cl. The summed E-state index contributed by atoms with van der Waals surface area (Å²) in [4.78, 5) is 12.1. The van der Waals surface area contributed by atoms with Gasteiger partial charge in [-0.25, -0.2) is 4.68 Å². The largest absolute Gasteiger partial charge is 0.324 e. The Hall–Kier alpha value is -1.96. The van der Waals surface area contributed by atoms with Crippen LogP contribution in [-0.2, 0) is 4.79 Å². The quantitative estimate of drug-likeness (QED) is 0.701. The summed E-state index contributed by atoms with van der Waals surface area (Å²) in [6, 6.07) is 8.68. The summed E-state index contributed by atoms with van der Waals surface area (Å²) in [5.74, 6) is -0.0378. The van der Waals surface area contributed by atoms with Gasteiger partial charge in [-0.1, -0.05) is 35.0 Å². The first-order valence-electron chi connectivity index (χ1n) is 6.55. The lowest BCUT2D eigenvalue weighted by atomic mass is 10.3. The van der Waals surface area contributed by atoms with Gasteiger partial charge in [0.15, 0.2) is 0 Å². The standard InChI is InChI=1S/C14H11Cl2N5OS/c15-10-3-4-11(16)12(7-10)18-13(22)8-23-14-19-17-9-21(14)20-5-1-2-6-20/h1-7,9H,8H2,(H,18,22). The summed E-state index contributed by atoms with van der Waals surface area (Å²) in [7, 11) is 0. The molecule has 3 rings (SSSR count). The van der Waals surface area contributed by atoms with E-state index in [4.69, 9.17) is 23.2 Å². The third-order valence-corrected chi connectivity index (χ3v) is 4.37. The fourth-order valence-electron chi connectivity index (χ4n) is 1.85. The lowest BCUT2D eigenvalue weighted by Crippen LogP contribution is -2.15. The summed E-state index contributed by atoms with van der Waals surface area (Å²) >= 11 is 13.2. The van der Waals surface area contributed by atoms with Crippen LogP contribution in [0.5, 0.6) is 0 Å². The Morgan fingerprint density at radius 3 is 2.83 bits per heavy atom. The predicted octanol–water partition coefficient (Wildman–Crippen LogP) is 3.43. The molecule has 0 saturated heterocycles. The molecule has 118 valence electrons. The van der Waals surface area contributed by atoms with Crippen LogP contribution < -0.4 is 5.32 Å². The van der Waals surface area contributed by atoms with Crippen LogP contribution >= 0.6 is 35.0 Å². The molecule has 0 aliphatic heterocycles. The number of benzene rings is 1. The zero-order chi connectivity index (χ0) is 16.2. The van der Waals surface area contributed by atoms with Crippen molar-refractivity contribution in [2.24, 2.45) is 0 Å². The van der Waals surface area contributed by atoms with Crippen LogP contribution in [0.15, 0.2) is 54.2 Å². The summed E-state index contributed by atoms with van der Waals surface area (Å²) < 4.78 is 3.55. The molecule has 0 bridgehead atoms. The first-order valence-corrected chi connectivity index (χ1v) is 8.29. The summed E-state index contributed by atoms with van der Waals surface area (Å²) in [5.41, 5.74) is 0.483. The molecule has 0 radical (unpaired) electrons. The van der Waals surface area contributed by atoms with E-state index in [1.165, 1.54) is 11.8 Å². The molecule has 0 spiro atoms. The van der Waals surface area contributed by atoms with Crippen molar-refractivity contribution in [2.45, 2.75) is 5.16 Å². The van der Waals surface area contributed by atoms with E-state index in [0.717, 1.165) is 0 Å². The molecule has 2 aromatic heterocycles. The zero-order valence-electron chi connectivity index (χ0n) is 11.7. The summed E-state index contributed by atoms with van der Waals surface area (Å²) in [5, 5.41) is 12.1. The van der Waals surface area contributed by atoms with Crippen molar-refractivity contribution < 1.29 is 4.79 Å². The van der Waals surface area contributed by atoms with Crippen molar-refractivity contribution in [3.8, 4) is 0 Å². The molecule has 1 amide bonds. The van der Waals surface area contributed by atoms with Crippen LogP contribution in [0.2, 0.25) is 10.0 Å². The van der Waals surface area contributed by atoms with Gasteiger partial charge in [-0.05, 0) is 30.3 Å². The Bertz CT molecular complexity index is 818. The molecule has 0 saturated carbocycles. The lowest BCUT2D eigenvalue weighted by Gasteiger charge is -2.08. The smallest absolute Gasteiger partial charge is 0.234 e. The third-order valence-electron chi connectivity index (χ3n) is 2.87. The fourth-order valence-corrected chi connectivity index (χ4v) is 2.90. The average molecular weight is 368 g/mol. The molecule has 0 fully saturated rings. The Morgan fingerprint density at radius 1 is 1.26 bits per heavy atom. The zero-order valence-corrected chi connectivity index (χ0v) is 14.0. The second-order valence-corrected chi connectivity index (χ2v) is 6.27. The fraction of sp³-hybridized carbons (Fsp3) is 0.0714. The van der Waals surface area contributed by atoms with Gasteiger partial charge in [0.25, 0.3) is 0 Å². The van der Waals surface area contributed by atoms with E-state index in [0.29, 0.717) is 20.9 Å². The van der Waals surface area contributed by atoms with Crippen LogP contribution in [0.25, 0.3) is 0 Å². The Labute approximate surface area is 146 Å². The number of amides is 1. The molecule has 23 heavy (non-hydrogen) atoms. The minimum Gasteiger partial charge on any atom is -0.324 e. The molecule has 3 aromatic rings. The minimum atomic E-state index is -0.207. The molecule has 6 nitrogen and oxygen atoms in total. The van der Waals surface area contributed by atoms with Gasteiger partial charge < -0.3 is 5.32 Å². The van der Waals surface area contributed by atoms with Crippen molar-refractivity contribution >= 4 is 46.6 Å². The Morgan fingerprint density at radius 2 is 2.04 bits per heavy atom. The molecule has 0 aliphatic carbocycles. The van der Waals surface area contributed by atoms with Gasteiger partial charge in [0.1, 0.15) is 6.33 Å². The summed E-state index contributed by atoms with van der Waals surface area (Å²) in [6.07, 6.45) is 5.30. The Balaban J connectivity index is 1.64. The van der Waals surface area contributed by atoms with Gasteiger partial charge in [-0.3, -0.25) is 9.47 Å². The maximum atomic E-state index is 12.1. The van der Waals surface area contributed by atoms with E-state index in [-0.39, 0.29) is 11.7 Å². The number of carbonyl (C=O) groups excluding carboxylic acids is 1. The van der Waals surface area contributed by atoms with Crippen LogP contribution in [0.1, 0.15) is 0 Å². The van der Waals surface area contributed by atoms with Crippen molar-refractivity contribution in [1.82, 2.24) is 19.5 Å². The first kappa shape index (κ1) is 15.9. The normalized spacial score (nSPS) is 10.7. The molecule has 0 aliphatic rings. The highest BCUT2D eigenvalue weighted by Crippen LogP contribution is 2.25. The highest BCUT2D eigenvalue weighted by atomic mass is 35.5. The van der Waals surface area contributed by atoms with E-state index in [1.54, 1.807) is 29.2 Å². The van der Waals surface area contributed by atoms with E-state index in [1.807, 2.05) is 29.2 Å². The number of rotatable bonds is 5. The monoisotopic (exact) mass is 367 g/mol. The number of carbonyl (C=O) groups is 1. The molecule has 2 heterocycles. The van der Waals surface area contributed by atoms with Crippen LogP contribution in [0.4, 0.5) is 5.69 Å². The van der Waals surface area contributed by atoms with Crippen molar-refractivity contribution in [2.75, 3.05) is 11.1 Å². The molecule has 0 unspecified atom stereocenters. The van der Waals surface area contributed by atoms with Crippen molar-refractivity contribution in [3.63, 3.8) is 0 Å². The number of nitrogens with one attached hydrogen (secondary N) is 1. The van der Waals surface area contributed by atoms with Crippen LogP contribution in [0, 0.1) is 0 Å². The Kier molecular flexibility index (Phi) is 4.90. The number of halogens is 2. The number of hydrogen-bond acceptors (Lipinski definition) is 4. The first-order chi connectivity index (χ1) is 11.1. The van der Waals surface area contributed by atoms with Gasteiger partial charge in [0, 0.05) is 17.4 Å².